The Morgan fingerprint density at radius 3 is 2.64 bits per heavy atom. The van der Waals surface area contributed by atoms with Crippen LogP contribution in [-0.4, -0.2) is 49.0 Å². The molecule has 3 N–H and O–H groups in total. The zero-order valence-electron chi connectivity index (χ0n) is 20.2. The van der Waals surface area contributed by atoms with Crippen LogP contribution in [0.1, 0.15) is 29.0 Å². The smallest absolute Gasteiger partial charge is 0.319 e. The molecule has 1 unspecified atom stereocenters. The summed E-state index contributed by atoms with van der Waals surface area (Å²) in [7, 11) is 0. The van der Waals surface area contributed by atoms with Crippen molar-refractivity contribution in [1.29, 1.82) is 0 Å². The Morgan fingerprint density at radius 1 is 1.03 bits per heavy atom. The van der Waals surface area contributed by atoms with E-state index in [2.05, 4.69) is 16.0 Å². The first-order valence-electron chi connectivity index (χ1n) is 11.9. The van der Waals surface area contributed by atoms with E-state index in [9.17, 15) is 14.4 Å². The number of carbonyl (C=O) groups excluding carboxylic acids is 3. The van der Waals surface area contributed by atoms with Crippen LogP contribution in [0.3, 0.4) is 0 Å². The number of carbonyl (C=O) groups is 3. The highest BCUT2D eigenvalue weighted by Crippen LogP contribution is 2.20. The third kappa shape index (κ3) is 7.11. The van der Waals surface area contributed by atoms with Crippen molar-refractivity contribution in [1.82, 2.24) is 10.2 Å². The van der Waals surface area contributed by atoms with Gasteiger partial charge in [0, 0.05) is 37.1 Å². The van der Waals surface area contributed by atoms with Crippen molar-refractivity contribution < 1.29 is 23.5 Å². The van der Waals surface area contributed by atoms with Crippen molar-refractivity contribution in [2.75, 3.05) is 36.9 Å². The van der Waals surface area contributed by atoms with E-state index in [0.717, 1.165) is 24.1 Å². The number of hydrogen-bond donors (Lipinski definition) is 3. The summed E-state index contributed by atoms with van der Waals surface area (Å²) >= 11 is 0. The second-order valence-electron chi connectivity index (χ2n) is 8.80. The average molecular weight is 491 g/mol. The van der Waals surface area contributed by atoms with Gasteiger partial charge in [0.25, 0.3) is 11.8 Å². The van der Waals surface area contributed by atoms with Gasteiger partial charge in [0.15, 0.2) is 12.4 Å². The summed E-state index contributed by atoms with van der Waals surface area (Å²) in [6, 6.07) is 17.4. The van der Waals surface area contributed by atoms with Gasteiger partial charge in [-0.1, -0.05) is 23.8 Å². The second kappa shape index (κ2) is 11.9. The molecular formula is C27H30N4O5. The lowest BCUT2D eigenvalue weighted by Gasteiger charge is -2.32. The van der Waals surface area contributed by atoms with E-state index in [4.69, 9.17) is 9.15 Å². The Balaban J connectivity index is 1.21. The maximum absolute atomic E-state index is 12.8. The quantitative estimate of drug-likeness (QED) is 0.436. The lowest BCUT2D eigenvalue weighted by atomic mass is 9.98. The summed E-state index contributed by atoms with van der Waals surface area (Å²) in [5, 5.41) is 8.46. The number of hydrogen-bond acceptors (Lipinski definition) is 5. The highest BCUT2D eigenvalue weighted by Gasteiger charge is 2.24. The predicted octanol–water partition coefficient (Wildman–Crippen LogP) is 4.28. The highest BCUT2D eigenvalue weighted by atomic mass is 16.5. The molecule has 2 aromatic carbocycles. The first-order chi connectivity index (χ1) is 17.5. The van der Waals surface area contributed by atoms with Gasteiger partial charge in [-0.05, 0) is 62.1 Å². The van der Waals surface area contributed by atoms with Gasteiger partial charge in [0.1, 0.15) is 5.75 Å². The van der Waals surface area contributed by atoms with Gasteiger partial charge >= 0.3 is 6.03 Å². The Morgan fingerprint density at radius 2 is 1.86 bits per heavy atom. The number of benzene rings is 2. The first kappa shape index (κ1) is 24.8. The van der Waals surface area contributed by atoms with E-state index in [1.165, 1.54) is 6.26 Å². The minimum Gasteiger partial charge on any atom is -0.484 e. The Labute approximate surface area is 209 Å². The van der Waals surface area contributed by atoms with Gasteiger partial charge in [0.2, 0.25) is 0 Å². The van der Waals surface area contributed by atoms with E-state index in [1.807, 2.05) is 31.2 Å². The molecule has 1 atom stereocenters. The van der Waals surface area contributed by atoms with Crippen LogP contribution in [-0.2, 0) is 4.79 Å². The van der Waals surface area contributed by atoms with E-state index in [0.29, 0.717) is 31.1 Å². The molecule has 4 amide bonds. The van der Waals surface area contributed by atoms with E-state index < -0.39 is 0 Å². The molecule has 0 radical (unpaired) electrons. The Bertz CT molecular complexity index is 1180. The van der Waals surface area contributed by atoms with Gasteiger partial charge in [-0.25, -0.2) is 4.79 Å². The van der Waals surface area contributed by atoms with Crippen LogP contribution >= 0.6 is 0 Å². The molecule has 36 heavy (non-hydrogen) atoms. The van der Waals surface area contributed by atoms with Crippen LogP contribution in [0.15, 0.2) is 71.3 Å². The Hall–Kier alpha value is -4.27. The molecule has 9 heteroatoms. The van der Waals surface area contributed by atoms with E-state index in [1.54, 1.807) is 41.3 Å². The van der Waals surface area contributed by atoms with Crippen molar-refractivity contribution in [3.05, 3.63) is 78.3 Å². The number of amides is 4. The lowest BCUT2D eigenvalue weighted by Crippen LogP contribution is -2.45. The number of nitrogens with one attached hydrogen (secondary N) is 3. The van der Waals surface area contributed by atoms with Crippen LogP contribution < -0.4 is 20.7 Å². The molecule has 1 aliphatic rings. The van der Waals surface area contributed by atoms with Gasteiger partial charge in [-0.3, -0.25) is 9.59 Å². The van der Waals surface area contributed by atoms with Crippen molar-refractivity contribution in [3.8, 4) is 5.75 Å². The predicted molar refractivity (Wildman–Crippen MR) is 136 cm³/mol. The summed E-state index contributed by atoms with van der Waals surface area (Å²) < 4.78 is 10.8. The maximum Gasteiger partial charge on any atom is 0.319 e. The van der Waals surface area contributed by atoms with Crippen LogP contribution in [0.5, 0.6) is 5.75 Å². The number of ether oxygens (including phenoxy) is 1. The van der Waals surface area contributed by atoms with Crippen LogP contribution in [0.25, 0.3) is 0 Å². The zero-order valence-corrected chi connectivity index (χ0v) is 20.2. The number of furan rings is 1. The number of rotatable bonds is 8. The minimum absolute atomic E-state index is 0.107. The number of piperidine rings is 1. The molecule has 0 spiro atoms. The molecule has 188 valence electrons. The summed E-state index contributed by atoms with van der Waals surface area (Å²) in [6.45, 7) is 3.59. The molecule has 1 aliphatic heterocycles. The van der Waals surface area contributed by atoms with Crippen LogP contribution in [0.4, 0.5) is 16.2 Å². The number of urea groups is 1. The van der Waals surface area contributed by atoms with Gasteiger partial charge in [-0.2, -0.15) is 0 Å². The Kier molecular flexibility index (Phi) is 8.23. The molecule has 3 aromatic rings. The maximum atomic E-state index is 12.8. The third-order valence-corrected chi connectivity index (χ3v) is 5.93. The first-order valence-corrected chi connectivity index (χ1v) is 11.9. The molecule has 0 bridgehead atoms. The fourth-order valence-electron chi connectivity index (χ4n) is 4.01. The molecule has 0 aliphatic carbocycles. The molecule has 1 aromatic heterocycles. The third-order valence-electron chi connectivity index (χ3n) is 5.93. The van der Waals surface area contributed by atoms with Crippen molar-refractivity contribution in [2.24, 2.45) is 5.92 Å². The van der Waals surface area contributed by atoms with Crippen molar-refractivity contribution in [2.45, 2.75) is 19.8 Å². The second-order valence-corrected chi connectivity index (χ2v) is 8.80. The van der Waals surface area contributed by atoms with E-state index in [-0.39, 0.29) is 36.1 Å². The number of nitrogens with zero attached hydrogens (tertiary/aromatic N) is 1. The largest absolute Gasteiger partial charge is 0.484 e. The lowest BCUT2D eigenvalue weighted by molar-refractivity contribution is -0.135. The van der Waals surface area contributed by atoms with Crippen molar-refractivity contribution in [3.63, 3.8) is 0 Å². The van der Waals surface area contributed by atoms with Gasteiger partial charge < -0.3 is 30.0 Å². The minimum atomic E-state index is -0.367. The number of anilines is 2. The molecule has 9 nitrogen and oxygen atoms in total. The molecular weight excluding hydrogens is 460 g/mol. The number of likely N-dealkylation sites (tertiary alicyclic amines) is 1. The molecule has 1 saturated heterocycles. The van der Waals surface area contributed by atoms with Crippen molar-refractivity contribution >= 4 is 29.2 Å². The molecule has 4 rings (SSSR count). The fourth-order valence-corrected chi connectivity index (χ4v) is 4.01. The monoisotopic (exact) mass is 490 g/mol. The molecule has 2 heterocycles. The molecule has 0 saturated carbocycles. The summed E-state index contributed by atoms with van der Waals surface area (Å²) in [5.41, 5.74) is 2.40. The van der Waals surface area contributed by atoms with Gasteiger partial charge in [-0.15, -0.1) is 0 Å². The average Bonchev–Trinajstić information content (AvgIpc) is 3.43. The SMILES string of the molecule is Cc1ccc(NC(=O)NCC2CCCN(C(=O)COc3cccc(NC(=O)c4ccco4)c3)C2)cc1. The standard InChI is InChI=1S/C27H30N4O5/c1-19-9-11-21(12-10-19)30-27(34)28-16-20-5-3-13-31(17-20)25(32)18-36-23-7-2-6-22(15-23)29-26(33)24-8-4-14-35-24/h2,4,6-12,14-15,20H,3,5,13,16-18H2,1H3,(H,29,33)(H2,28,30,34). The zero-order chi connectivity index (χ0) is 25.3. The van der Waals surface area contributed by atoms with Gasteiger partial charge in [0.05, 0.1) is 6.26 Å². The topological polar surface area (TPSA) is 113 Å². The molecule has 1 fully saturated rings. The van der Waals surface area contributed by atoms with E-state index >= 15 is 0 Å². The summed E-state index contributed by atoms with van der Waals surface area (Å²) in [5.74, 6) is 0.371. The van der Waals surface area contributed by atoms with Crippen LogP contribution in [0, 0.1) is 12.8 Å². The normalized spacial score (nSPS) is 15.1. The summed E-state index contributed by atoms with van der Waals surface area (Å²) in [6.07, 6.45) is 3.24. The fraction of sp³-hybridized carbons (Fsp3) is 0.296. The van der Waals surface area contributed by atoms with Crippen LogP contribution in [0.2, 0.25) is 0 Å². The summed E-state index contributed by atoms with van der Waals surface area (Å²) in [4.78, 5) is 38.9. The highest BCUT2D eigenvalue weighted by molar-refractivity contribution is 6.02. The number of aryl methyl sites for hydroxylation is 1.